The molecule has 0 bridgehead atoms. The van der Waals surface area contributed by atoms with Gasteiger partial charge in [0, 0.05) is 22.3 Å². The van der Waals surface area contributed by atoms with Gasteiger partial charge >= 0.3 is 166 Å². The zero-order valence-electron chi connectivity index (χ0n) is 66.2. The summed E-state index contributed by atoms with van der Waals surface area (Å²) in [7, 11) is 0. The Morgan fingerprint density at radius 1 is 0.232 bits per heavy atom. The molecule has 0 fully saturated rings. The van der Waals surface area contributed by atoms with Crippen molar-refractivity contribution in [3.8, 4) is 0 Å². The molecule has 0 saturated heterocycles. The average molecular weight is 1360 g/mol. The first-order chi connectivity index (χ1) is 46.8. The van der Waals surface area contributed by atoms with Gasteiger partial charge in [0.05, 0.1) is 0 Å². The first-order valence-electron chi connectivity index (χ1n) is 43.6. The Morgan fingerprint density at radius 3 is 0.684 bits per heavy atom. The van der Waals surface area contributed by atoms with Gasteiger partial charge < -0.3 is 5.53 Å². The summed E-state index contributed by atoms with van der Waals surface area (Å²) in [5.74, 6) is 0. The molecular weight excluding hydrogens is 1190 g/mol. The number of nitrogens with zero attached hydrogens (tertiary/aromatic N) is 2. The molecule has 0 radical (unpaired) electrons. The van der Waals surface area contributed by atoms with E-state index in [1.54, 1.807) is 38.1 Å². The van der Waals surface area contributed by atoms with Gasteiger partial charge in [-0.1, -0.05) is 243 Å². The van der Waals surface area contributed by atoms with E-state index in [-0.39, 0.29) is 0 Å². The second-order valence-corrected chi connectivity index (χ2v) is 31.7. The van der Waals surface area contributed by atoms with Crippen molar-refractivity contribution in [3.05, 3.63) is 85.5 Å². The molecule has 0 unspecified atom stereocenters. The Bertz CT molecular complexity index is 2040. The van der Waals surface area contributed by atoms with Crippen LogP contribution in [0.15, 0.2) is 35.4 Å². The molecule has 0 atom stereocenters. The van der Waals surface area contributed by atoms with E-state index >= 15 is 0 Å². The van der Waals surface area contributed by atoms with Gasteiger partial charge in [0.1, 0.15) is 0 Å². The fraction of sp³-hybridized carbons (Fsp3) is 0.826. The van der Waals surface area contributed by atoms with Gasteiger partial charge in [0.15, 0.2) is 0 Å². The summed E-state index contributed by atoms with van der Waals surface area (Å²) in [5.41, 5.74) is 30.0. The van der Waals surface area contributed by atoms with Crippen molar-refractivity contribution >= 4 is 11.4 Å². The van der Waals surface area contributed by atoms with Crippen LogP contribution in [0.3, 0.4) is 0 Å². The quantitative estimate of drug-likeness (QED) is 0.0358. The van der Waals surface area contributed by atoms with E-state index < -0.39 is 0 Å². The molecule has 0 spiro atoms. The van der Waals surface area contributed by atoms with E-state index in [1.165, 1.54) is 393 Å². The summed E-state index contributed by atoms with van der Waals surface area (Å²) in [6, 6.07) is 10.2. The zero-order chi connectivity index (χ0) is 68.7. The summed E-state index contributed by atoms with van der Waals surface area (Å²) in [4.78, 5) is 0. The molecule has 3 rings (SSSR count). The van der Waals surface area contributed by atoms with E-state index in [4.69, 9.17) is 0 Å². The number of hydrogen-bond donors (Lipinski definition) is 0. The first-order valence-corrected chi connectivity index (χ1v) is 45.0. The van der Waals surface area contributed by atoms with Crippen LogP contribution < -0.4 is 0 Å². The fourth-order valence-electron chi connectivity index (χ4n) is 15.2. The Hall–Kier alpha value is -1.99. The first kappa shape index (κ1) is 89.1. The normalized spacial score (nSPS) is 12.6. The molecule has 95 heavy (non-hydrogen) atoms. The van der Waals surface area contributed by atoms with Gasteiger partial charge in [0.2, 0.25) is 11.4 Å². The van der Waals surface area contributed by atoms with Gasteiger partial charge in [0.25, 0.3) is 0 Å². The second kappa shape index (κ2) is 65.3. The Balaban J connectivity index is 0.000000748. The maximum atomic E-state index is 12.9. The molecule has 0 N–H and O–H groups in total. The predicted octanol–water partition coefficient (Wildman–Crippen LogP) is 32.8. The van der Waals surface area contributed by atoms with Crippen molar-refractivity contribution in [2.45, 2.75) is 491 Å². The Morgan fingerprint density at radius 2 is 0.442 bits per heavy atom. The number of hydrogen-bond acceptors (Lipinski definition) is 0. The number of unbranched alkanes of at least 4 members (excludes halogenated alkanes) is 47. The van der Waals surface area contributed by atoms with Crippen LogP contribution >= 0.6 is 0 Å². The molecule has 0 aliphatic carbocycles. The Kier molecular flexibility index (Phi) is 61.3. The Labute approximate surface area is 603 Å². The summed E-state index contributed by atoms with van der Waals surface area (Å²) in [5, 5.41) is 2.87. The standard InChI is InChI=1S/C58H96N2.2C17H35.Ni/c1-9-17-24-30-36-47-43-51(44-48(37-31-25-18-10-2)54(47)41-34-28-21-13-5)57-53(16-8)56(40-23-15-7)58(60(57)59)52-45-49(38-32-26-19-11-3)55(42-35-29-22-14-6)50(46-52)39-33-27-20-12-4;2*1-3-5-7-9-11-13-15-17-16-14-12-10-8-6-4-2;/h43-46H,9-42H2,1-8H3;2*1,3-17H2,2H3;. The molecule has 2 nitrogen and oxygen atoms in total. The van der Waals surface area contributed by atoms with Gasteiger partial charge in [-0.2, -0.15) is 0 Å². The summed E-state index contributed by atoms with van der Waals surface area (Å²) in [6.07, 6.45) is 86.6. The molecule has 1 aliphatic rings. The van der Waals surface area contributed by atoms with Crippen LogP contribution in [-0.4, -0.2) is 4.70 Å². The van der Waals surface area contributed by atoms with E-state index in [0.29, 0.717) is 0 Å². The number of benzene rings is 2. The van der Waals surface area contributed by atoms with Crippen LogP contribution in [0.4, 0.5) is 0 Å². The van der Waals surface area contributed by atoms with Gasteiger partial charge in [-0.15, -0.1) is 0 Å². The fourth-order valence-corrected chi connectivity index (χ4v) is 16.5. The minimum Gasteiger partial charge on any atom is -0.493 e. The minimum absolute atomic E-state index is 0.939. The van der Waals surface area contributed by atoms with Crippen LogP contribution in [0.1, 0.15) is 486 Å². The average Bonchev–Trinajstić information content (AvgIpc) is 1.63. The van der Waals surface area contributed by atoms with E-state index in [0.717, 1.165) is 62.8 Å². The maximum absolute atomic E-state index is 12.9. The van der Waals surface area contributed by atoms with Crippen LogP contribution in [0.5, 0.6) is 0 Å². The van der Waals surface area contributed by atoms with Crippen LogP contribution in [0, 0.1) is 0 Å². The van der Waals surface area contributed by atoms with Crippen LogP contribution in [0.2, 0.25) is 10.8 Å². The second-order valence-electron chi connectivity index (χ2n) is 30.2. The van der Waals surface area contributed by atoms with Gasteiger partial charge in [-0.05, 0) is 154 Å². The third-order valence-electron chi connectivity index (χ3n) is 21.3. The molecule has 3 heteroatoms. The topological polar surface area (TPSA) is 25.3 Å². The summed E-state index contributed by atoms with van der Waals surface area (Å²) < 4.78 is 1.72. The molecule has 0 amide bonds. The van der Waals surface area contributed by atoms with Gasteiger partial charge in [-0.3, -0.25) is 0 Å². The molecule has 0 saturated carbocycles. The number of aryl methyl sites for hydroxylation is 4. The molecule has 554 valence electrons. The molecule has 2 aromatic carbocycles. The molecule has 1 aliphatic heterocycles. The van der Waals surface area contributed by atoms with Crippen molar-refractivity contribution in [1.82, 2.24) is 0 Å². The molecule has 1 heterocycles. The smallest absolute Gasteiger partial charge is 0.493 e. The molecule has 2 aromatic rings. The third-order valence-corrected chi connectivity index (χ3v) is 22.7. The summed E-state index contributed by atoms with van der Waals surface area (Å²) >= 11 is 2.04. The summed E-state index contributed by atoms with van der Waals surface area (Å²) in [6.45, 7) is 23.3. The van der Waals surface area contributed by atoms with Crippen LogP contribution in [0.25, 0.3) is 16.9 Å². The van der Waals surface area contributed by atoms with E-state index in [9.17, 15) is 5.53 Å². The van der Waals surface area contributed by atoms with Crippen molar-refractivity contribution in [3.63, 3.8) is 0 Å². The zero-order valence-corrected chi connectivity index (χ0v) is 67.2. The predicted molar refractivity (Wildman–Crippen MR) is 427 cm³/mol. The SMILES string of the molecule is CCCCCCCCCCCCCCCC[CH2][Ni][CH2]CCCCCCCCCCCCCCCC.CCCCCCc1cc(C2=C(CC)C(CCCC)=C(c3cc(CCCCCC)c(CCCCCC)c(CCCCCC)c3)[N+]2=[N-])cc(CCCCCC)c1CCCCCC. The van der Waals surface area contributed by atoms with Crippen molar-refractivity contribution in [1.29, 1.82) is 0 Å². The van der Waals surface area contributed by atoms with Crippen molar-refractivity contribution in [2.24, 2.45) is 0 Å². The third kappa shape index (κ3) is 42.8. The van der Waals surface area contributed by atoms with Crippen molar-refractivity contribution in [2.75, 3.05) is 0 Å². The van der Waals surface area contributed by atoms with E-state index in [1.807, 2.05) is 14.4 Å². The monoisotopic (exact) mass is 1360 g/mol. The van der Waals surface area contributed by atoms with Gasteiger partial charge in [-0.25, -0.2) is 4.70 Å². The minimum atomic E-state index is 0.939. The van der Waals surface area contributed by atoms with E-state index in [2.05, 4.69) is 93.5 Å². The van der Waals surface area contributed by atoms with Crippen LogP contribution in [-0.2, 0) is 53.0 Å². The molecule has 0 aromatic heterocycles. The van der Waals surface area contributed by atoms with Crippen molar-refractivity contribution < 1.29 is 19.1 Å². The number of rotatable bonds is 68. The number of allylic oxidation sites excluding steroid dienone is 2. The molecular formula is C92H166N2Ni.